The quantitative estimate of drug-likeness (QED) is 0.410. The summed E-state index contributed by atoms with van der Waals surface area (Å²) in [7, 11) is 1.46. The van der Waals surface area contributed by atoms with Gasteiger partial charge in [-0.1, -0.05) is 23.2 Å². The van der Waals surface area contributed by atoms with Gasteiger partial charge in [0, 0.05) is 35.8 Å². The van der Waals surface area contributed by atoms with Crippen molar-refractivity contribution in [3.8, 4) is 5.75 Å². The molecule has 4 rings (SSSR count). The molecule has 10 heteroatoms. The molecule has 0 spiro atoms. The minimum absolute atomic E-state index is 0.0495. The van der Waals surface area contributed by atoms with E-state index >= 15 is 0 Å². The van der Waals surface area contributed by atoms with Crippen LogP contribution in [0.2, 0.25) is 10.0 Å². The number of hydroxylamine groups is 1. The third-order valence-electron chi connectivity index (χ3n) is 4.57. The molecule has 2 aromatic carbocycles. The van der Waals surface area contributed by atoms with Gasteiger partial charge in [0.05, 0.1) is 28.4 Å². The number of hydrogen-bond donors (Lipinski definition) is 1. The van der Waals surface area contributed by atoms with Crippen molar-refractivity contribution in [2.45, 2.75) is 6.92 Å². The number of nitrogens with zero attached hydrogens (tertiary/aromatic N) is 2. The standard InChI is InChI=1S/C21H14Cl2N3O5/c1-10(27)25-11-3-5-16-13(7-11)18-12(4-6-17(30-2)20(18)31-16)21(28)26(29)19-14(22)8-24-9-15(19)23/h3-9H,1-2H3,(H,25,27)/q-1. The number of anilines is 2. The summed E-state index contributed by atoms with van der Waals surface area (Å²) in [6, 6.07) is 7.95. The summed E-state index contributed by atoms with van der Waals surface area (Å²) in [5.41, 5.74) is 1.07. The molecule has 2 heterocycles. The number of carbonyl (C=O) groups is 2. The third kappa shape index (κ3) is 3.65. The van der Waals surface area contributed by atoms with Crippen LogP contribution in [0.15, 0.2) is 47.1 Å². The zero-order valence-corrected chi connectivity index (χ0v) is 17.7. The highest BCUT2D eigenvalue weighted by molar-refractivity contribution is 6.40. The van der Waals surface area contributed by atoms with Crippen LogP contribution in [-0.2, 0) is 4.79 Å². The number of hydrogen-bond acceptors (Lipinski definition) is 6. The van der Waals surface area contributed by atoms with Crippen molar-refractivity contribution in [1.29, 1.82) is 0 Å². The van der Waals surface area contributed by atoms with Crippen LogP contribution < -0.4 is 15.1 Å². The number of aromatic nitrogens is 1. The molecule has 0 unspecified atom stereocenters. The molecule has 0 aliphatic carbocycles. The Bertz CT molecular complexity index is 1330. The Kier molecular flexibility index (Phi) is 5.45. The van der Waals surface area contributed by atoms with Crippen LogP contribution in [0.3, 0.4) is 0 Å². The van der Waals surface area contributed by atoms with Crippen molar-refractivity contribution >= 4 is 68.3 Å². The van der Waals surface area contributed by atoms with Gasteiger partial charge in [-0.15, -0.1) is 0 Å². The van der Waals surface area contributed by atoms with E-state index in [2.05, 4.69) is 10.3 Å². The van der Waals surface area contributed by atoms with Crippen molar-refractivity contribution in [1.82, 2.24) is 4.98 Å². The van der Waals surface area contributed by atoms with E-state index < -0.39 is 5.91 Å². The molecule has 0 aliphatic rings. The molecule has 0 saturated carbocycles. The van der Waals surface area contributed by atoms with Gasteiger partial charge in [0.2, 0.25) is 11.8 Å². The van der Waals surface area contributed by atoms with Gasteiger partial charge >= 0.3 is 0 Å². The fourth-order valence-corrected chi connectivity index (χ4v) is 3.80. The van der Waals surface area contributed by atoms with Crippen LogP contribution in [0.1, 0.15) is 17.3 Å². The summed E-state index contributed by atoms with van der Waals surface area (Å²) in [5, 5.41) is 16.4. The maximum Gasteiger partial charge on any atom is 0.248 e. The van der Waals surface area contributed by atoms with E-state index in [1.165, 1.54) is 38.6 Å². The number of benzene rings is 2. The number of rotatable bonds is 4. The summed E-state index contributed by atoms with van der Waals surface area (Å²) in [6.45, 7) is 1.38. The van der Waals surface area contributed by atoms with Gasteiger partial charge in [-0.3, -0.25) is 14.6 Å². The average Bonchev–Trinajstić information content (AvgIpc) is 3.11. The summed E-state index contributed by atoms with van der Waals surface area (Å²) < 4.78 is 11.2. The van der Waals surface area contributed by atoms with Gasteiger partial charge in [0.25, 0.3) is 0 Å². The van der Waals surface area contributed by atoms with Gasteiger partial charge in [-0.05, 0) is 30.3 Å². The smallest absolute Gasteiger partial charge is 0.248 e. The number of methoxy groups -OCH3 is 1. The fraction of sp³-hybridized carbons (Fsp3) is 0.0952. The lowest BCUT2D eigenvalue weighted by molar-refractivity contribution is -0.114. The van der Waals surface area contributed by atoms with Gasteiger partial charge < -0.3 is 24.7 Å². The Morgan fingerprint density at radius 1 is 1.16 bits per heavy atom. The molecule has 0 atom stereocenters. The van der Waals surface area contributed by atoms with Gasteiger partial charge in [-0.2, -0.15) is 0 Å². The number of carbonyl (C=O) groups excluding carboxylic acids is 2. The Morgan fingerprint density at radius 2 is 1.87 bits per heavy atom. The van der Waals surface area contributed by atoms with Crippen LogP contribution in [0.5, 0.6) is 5.75 Å². The molecule has 0 bridgehead atoms. The lowest BCUT2D eigenvalue weighted by Crippen LogP contribution is -2.25. The topological polar surface area (TPSA) is 108 Å². The fourth-order valence-electron chi connectivity index (χ4n) is 3.29. The number of amides is 2. The highest BCUT2D eigenvalue weighted by Crippen LogP contribution is 2.40. The Labute approximate surface area is 185 Å². The van der Waals surface area contributed by atoms with E-state index in [9.17, 15) is 14.8 Å². The van der Waals surface area contributed by atoms with Crippen LogP contribution in [0.4, 0.5) is 11.4 Å². The molecule has 0 fully saturated rings. The van der Waals surface area contributed by atoms with Gasteiger partial charge in [0.1, 0.15) is 5.58 Å². The lowest BCUT2D eigenvalue weighted by atomic mass is 10.0. The van der Waals surface area contributed by atoms with Crippen molar-refractivity contribution in [3.05, 3.63) is 63.5 Å². The van der Waals surface area contributed by atoms with E-state index in [0.717, 1.165) is 0 Å². The van der Waals surface area contributed by atoms with Crippen LogP contribution >= 0.6 is 23.2 Å². The molecule has 158 valence electrons. The highest BCUT2D eigenvalue weighted by Gasteiger charge is 2.23. The predicted octanol–water partition coefficient (Wildman–Crippen LogP) is 5.40. The van der Waals surface area contributed by atoms with Crippen molar-refractivity contribution in [3.63, 3.8) is 0 Å². The second-order valence-electron chi connectivity index (χ2n) is 6.56. The first-order valence-corrected chi connectivity index (χ1v) is 9.69. The van der Waals surface area contributed by atoms with E-state index in [4.69, 9.17) is 32.4 Å². The highest BCUT2D eigenvalue weighted by atomic mass is 35.5. The van der Waals surface area contributed by atoms with Gasteiger partial charge in [-0.25, -0.2) is 0 Å². The monoisotopic (exact) mass is 458 g/mol. The first-order valence-electron chi connectivity index (χ1n) is 8.93. The molecular formula is C21H14Cl2N3O5-. The molecule has 0 radical (unpaired) electrons. The van der Waals surface area contributed by atoms with Crippen molar-refractivity contribution < 1.29 is 18.7 Å². The molecule has 1 N–H and O–H groups in total. The number of pyridine rings is 1. The number of furan rings is 1. The normalized spacial score (nSPS) is 11.0. The van der Waals surface area contributed by atoms with Crippen molar-refractivity contribution in [2.24, 2.45) is 0 Å². The van der Waals surface area contributed by atoms with E-state index in [1.807, 2.05) is 0 Å². The number of nitrogens with one attached hydrogen (secondary N) is 1. The number of halogens is 2. The van der Waals surface area contributed by atoms with Crippen LogP contribution in [0, 0.1) is 5.21 Å². The number of ether oxygens (including phenoxy) is 1. The van der Waals surface area contributed by atoms with E-state index in [-0.39, 0.29) is 37.8 Å². The zero-order chi connectivity index (χ0) is 22.3. The minimum Gasteiger partial charge on any atom is -0.751 e. The lowest BCUT2D eigenvalue weighted by Gasteiger charge is -2.30. The van der Waals surface area contributed by atoms with Gasteiger partial charge in [0.15, 0.2) is 11.3 Å². The Hall–Kier alpha value is -3.33. The average molecular weight is 459 g/mol. The van der Waals surface area contributed by atoms with Crippen LogP contribution in [-0.4, -0.2) is 23.9 Å². The molecule has 0 saturated heterocycles. The maximum absolute atomic E-state index is 13.2. The Morgan fingerprint density at radius 3 is 2.52 bits per heavy atom. The number of fused-ring (bicyclic) bond motifs is 3. The SMILES string of the molecule is COc1ccc(C(=O)N([O-])c2c(Cl)cncc2Cl)c2c1oc1ccc(NC(C)=O)cc12. The minimum atomic E-state index is -0.907. The largest absolute Gasteiger partial charge is 0.751 e. The second-order valence-corrected chi connectivity index (χ2v) is 7.38. The summed E-state index contributed by atoms with van der Waals surface area (Å²) >= 11 is 12.1. The van der Waals surface area contributed by atoms with Crippen molar-refractivity contribution in [2.75, 3.05) is 17.5 Å². The second kappa shape index (κ2) is 8.07. The molecule has 8 nitrogen and oxygen atoms in total. The van der Waals surface area contributed by atoms with E-state index in [1.54, 1.807) is 18.2 Å². The summed E-state index contributed by atoms with van der Waals surface area (Å²) in [4.78, 5) is 28.4. The molecule has 4 aromatic rings. The first-order chi connectivity index (χ1) is 14.8. The first kappa shape index (κ1) is 20.9. The predicted molar refractivity (Wildman–Crippen MR) is 119 cm³/mol. The molecule has 2 amide bonds. The zero-order valence-electron chi connectivity index (χ0n) is 16.2. The Balaban J connectivity index is 1.94. The summed E-state index contributed by atoms with van der Waals surface area (Å²) in [6.07, 6.45) is 2.44. The van der Waals surface area contributed by atoms with E-state index in [0.29, 0.717) is 27.8 Å². The maximum atomic E-state index is 13.2. The van der Waals surface area contributed by atoms with Crippen LogP contribution in [0.25, 0.3) is 21.9 Å². The molecule has 31 heavy (non-hydrogen) atoms. The molecule has 2 aromatic heterocycles. The third-order valence-corrected chi connectivity index (χ3v) is 5.12. The molecular weight excluding hydrogens is 445 g/mol. The molecule has 0 aliphatic heterocycles. The summed E-state index contributed by atoms with van der Waals surface area (Å²) in [5.74, 6) is -0.787.